The molecule has 2 rings (SSSR count). The molecule has 1 heterocycles. The van der Waals surface area contributed by atoms with E-state index in [1.807, 2.05) is 25.1 Å². The summed E-state index contributed by atoms with van der Waals surface area (Å²) in [4.78, 5) is 21.9. The van der Waals surface area contributed by atoms with Crippen LogP contribution in [0, 0.1) is 11.8 Å². The number of rotatable bonds is 9. The Kier molecular flexibility index (Phi) is 7.40. The molecule has 1 aliphatic rings. The number of benzene rings is 1. The van der Waals surface area contributed by atoms with E-state index in [1.165, 1.54) is 5.56 Å². The molecule has 0 spiro atoms. The second kappa shape index (κ2) is 9.34. The third kappa shape index (κ3) is 7.31. The van der Waals surface area contributed by atoms with Crippen molar-refractivity contribution in [2.45, 2.75) is 64.6 Å². The molecule has 4 unspecified atom stereocenters. The van der Waals surface area contributed by atoms with Gasteiger partial charge in [-0.15, -0.1) is 0 Å². The number of hydrogen-bond acceptors (Lipinski definition) is 3. The second-order valence-electron chi connectivity index (χ2n) is 8.41. The van der Waals surface area contributed by atoms with Gasteiger partial charge in [-0.05, 0) is 44.1 Å². The number of aliphatic carboxylic acids is 1. The number of carboxylic acid groups (broad SMARTS) is 1. The summed E-state index contributed by atoms with van der Waals surface area (Å²) in [7, 11) is 0. The van der Waals surface area contributed by atoms with E-state index in [1.54, 1.807) is 6.92 Å². The first kappa shape index (κ1) is 21.4. The minimum absolute atomic E-state index is 0.0436. The Balaban J connectivity index is 1.78. The summed E-state index contributed by atoms with van der Waals surface area (Å²) in [5.41, 5.74) is 0.0190. The summed E-state index contributed by atoms with van der Waals surface area (Å²) in [5, 5.41) is 9.02. The van der Waals surface area contributed by atoms with Crippen molar-refractivity contribution in [2.75, 3.05) is 0 Å². The van der Waals surface area contributed by atoms with Gasteiger partial charge >= 0.3 is 5.97 Å². The highest BCUT2D eigenvalue weighted by molar-refractivity contribution is 5.68. The Morgan fingerprint density at radius 3 is 2.44 bits per heavy atom. The second-order valence-corrected chi connectivity index (χ2v) is 8.41. The molecule has 0 aromatic heterocycles. The van der Waals surface area contributed by atoms with Crippen molar-refractivity contribution in [2.24, 2.45) is 11.8 Å². The Morgan fingerprint density at radius 1 is 1.11 bits per heavy atom. The molecule has 1 N–H and O–H groups in total. The first-order chi connectivity index (χ1) is 12.7. The molecule has 1 aliphatic heterocycles. The maximum Gasteiger partial charge on any atom is 0.306 e. The molecule has 4 atom stereocenters. The molecule has 1 saturated heterocycles. The van der Waals surface area contributed by atoms with Gasteiger partial charge in [0.1, 0.15) is 11.2 Å². The standard InChI is InChI=1S/C23H32O4/c1-18(13-14-20-11-6-5-7-12-20)9-8-10-19(2)15-22(3)17-23(4,27-26-22)16-21(24)25/h5-8,10-14,18-19H,9,15-17H2,1-4H3,(H,24,25). The summed E-state index contributed by atoms with van der Waals surface area (Å²) < 4.78 is 0. The lowest BCUT2D eigenvalue weighted by Gasteiger charge is -2.24. The predicted octanol–water partition coefficient (Wildman–Crippen LogP) is 5.65. The molecular weight excluding hydrogens is 340 g/mol. The van der Waals surface area contributed by atoms with Crippen LogP contribution in [0.15, 0.2) is 48.6 Å². The summed E-state index contributed by atoms with van der Waals surface area (Å²) in [6.45, 7) is 8.16. The van der Waals surface area contributed by atoms with E-state index >= 15 is 0 Å². The number of carbonyl (C=O) groups is 1. The van der Waals surface area contributed by atoms with E-state index in [4.69, 9.17) is 14.9 Å². The van der Waals surface area contributed by atoms with Crippen LogP contribution in [0.1, 0.15) is 58.9 Å². The molecule has 148 valence electrons. The van der Waals surface area contributed by atoms with Crippen LogP contribution in [0.25, 0.3) is 6.08 Å². The average Bonchev–Trinajstić information content (AvgIpc) is 2.87. The Labute approximate surface area is 162 Å². The minimum Gasteiger partial charge on any atom is -0.481 e. The van der Waals surface area contributed by atoms with Gasteiger partial charge in [-0.1, -0.05) is 68.5 Å². The lowest BCUT2D eigenvalue weighted by atomic mass is 9.83. The summed E-state index contributed by atoms with van der Waals surface area (Å²) in [6.07, 6.45) is 11.2. The average molecular weight is 373 g/mol. The molecule has 4 heteroatoms. The van der Waals surface area contributed by atoms with E-state index in [0.717, 1.165) is 12.8 Å². The first-order valence-electron chi connectivity index (χ1n) is 9.68. The molecule has 4 nitrogen and oxygen atoms in total. The molecule has 1 fully saturated rings. The maximum absolute atomic E-state index is 11.0. The van der Waals surface area contributed by atoms with Gasteiger partial charge in [-0.3, -0.25) is 4.79 Å². The minimum atomic E-state index is -0.865. The van der Waals surface area contributed by atoms with Crippen LogP contribution in [0.4, 0.5) is 0 Å². The van der Waals surface area contributed by atoms with Gasteiger partial charge in [-0.2, -0.15) is 0 Å². The van der Waals surface area contributed by atoms with Crippen LogP contribution < -0.4 is 0 Å². The van der Waals surface area contributed by atoms with Crippen molar-refractivity contribution in [1.29, 1.82) is 0 Å². The Morgan fingerprint density at radius 2 is 1.78 bits per heavy atom. The zero-order chi connectivity index (χ0) is 19.9. The van der Waals surface area contributed by atoms with Gasteiger partial charge in [-0.25, -0.2) is 9.78 Å². The molecule has 0 saturated carbocycles. The molecule has 0 aliphatic carbocycles. The van der Waals surface area contributed by atoms with Crippen LogP contribution in [0.5, 0.6) is 0 Å². The van der Waals surface area contributed by atoms with Crippen molar-refractivity contribution < 1.29 is 19.7 Å². The van der Waals surface area contributed by atoms with Gasteiger partial charge in [0.2, 0.25) is 0 Å². The molecule has 27 heavy (non-hydrogen) atoms. The fourth-order valence-electron chi connectivity index (χ4n) is 3.76. The van der Waals surface area contributed by atoms with Crippen molar-refractivity contribution in [3.8, 4) is 0 Å². The van der Waals surface area contributed by atoms with Crippen LogP contribution >= 0.6 is 0 Å². The van der Waals surface area contributed by atoms with Gasteiger partial charge in [0.15, 0.2) is 0 Å². The van der Waals surface area contributed by atoms with Crippen molar-refractivity contribution >= 4 is 12.0 Å². The van der Waals surface area contributed by atoms with Crippen LogP contribution in [-0.2, 0) is 14.6 Å². The van der Waals surface area contributed by atoms with E-state index in [-0.39, 0.29) is 6.42 Å². The third-order valence-corrected chi connectivity index (χ3v) is 4.86. The third-order valence-electron chi connectivity index (χ3n) is 4.86. The molecule has 0 radical (unpaired) electrons. The quantitative estimate of drug-likeness (QED) is 0.449. The SMILES string of the molecule is CC(C=Cc1ccccc1)CC=CC(C)CC1(C)CC(C)(CC(=O)O)OO1. The van der Waals surface area contributed by atoms with Crippen LogP contribution in [0.3, 0.4) is 0 Å². The van der Waals surface area contributed by atoms with Crippen molar-refractivity contribution in [1.82, 2.24) is 0 Å². The normalized spacial score (nSPS) is 28.0. The molecule has 0 amide bonds. The lowest BCUT2D eigenvalue weighted by Crippen LogP contribution is -2.31. The van der Waals surface area contributed by atoms with E-state index in [2.05, 4.69) is 50.3 Å². The number of hydrogen-bond donors (Lipinski definition) is 1. The lowest BCUT2D eigenvalue weighted by molar-refractivity contribution is -0.346. The zero-order valence-corrected chi connectivity index (χ0v) is 16.9. The van der Waals surface area contributed by atoms with Gasteiger partial charge in [0.25, 0.3) is 0 Å². The molecule has 1 aromatic carbocycles. The van der Waals surface area contributed by atoms with E-state index in [0.29, 0.717) is 18.3 Å². The summed E-state index contributed by atoms with van der Waals surface area (Å²) in [5.74, 6) is -0.0684. The molecule has 1 aromatic rings. The smallest absolute Gasteiger partial charge is 0.306 e. The summed E-state index contributed by atoms with van der Waals surface area (Å²) >= 11 is 0. The van der Waals surface area contributed by atoms with Crippen molar-refractivity contribution in [3.63, 3.8) is 0 Å². The van der Waals surface area contributed by atoms with Crippen LogP contribution in [0.2, 0.25) is 0 Å². The fourth-order valence-corrected chi connectivity index (χ4v) is 3.76. The predicted molar refractivity (Wildman–Crippen MR) is 108 cm³/mol. The fraction of sp³-hybridized carbons (Fsp3) is 0.522. The largest absolute Gasteiger partial charge is 0.481 e. The highest BCUT2D eigenvalue weighted by atomic mass is 17.2. The van der Waals surface area contributed by atoms with Gasteiger partial charge in [0.05, 0.1) is 6.42 Å². The van der Waals surface area contributed by atoms with Gasteiger partial charge in [0, 0.05) is 6.42 Å². The highest BCUT2D eigenvalue weighted by Gasteiger charge is 2.47. The Bertz CT molecular complexity index is 666. The maximum atomic E-state index is 11.0. The summed E-state index contributed by atoms with van der Waals surface area (Å²) in [6, 6.07) is 10.3. The first-order valence-corrected chi connectivity index (χ1v) is 9.68. The van der Waals surface area contributed by atoms with E-state index in [9.17, 15) is 4.79 Å². The number of allylic oxidation sites excluding steroid dienone is 3. The van der Waals surface area contributed by atoms with Crippen molar-refractivity contribution in [3.05, 3.63) is 54.1 Å². The number of carboxylic acids is 1. The monoisotopic (exact) mass is 372 g/mol. The zero-order valence-electron chi connectivity index (χ0n) is 16.9. The van der Waals surface area contributed by atoms with E-state index < -0.39 is 17.2 Å². The topological polar surface area (TPSA) is 55.8 Å². The molecule has 0 bridgehead atoms. The highest BCUT2D eigenvalue weighted by Crippen LogP contribution is 2.41. The molecular formula is C23H32O4. The Hall–Kier alpha value is -1.91. The van der Waals surface area contributed by atoms with Crippen LogP contribution in [-0.4, -0.2) is 22.3 Å². The van der Waals surface area contributed by atoms with Gasteiger partial charge < -0.3 is 5.11 Å².